The first kappa shape index (κ1) is 35.4. The van der Waals surface area contributed by atoms with Gasteiger partial charge in [0, 0.05) is 37.1 Å². The predicted molar refractivity (Wildman–Crippen MR) is 190 cm³/mol. The van der Waals surface area contributed by atoms with Gasteiger partial charge in [-0.3, -0.25) is 4.79 Å². The first-order valence-electron chi connectivity index (χ1n) is 16.5. The highest BCUT2D eigenvalue weighted by Crippen LogP contribution is 2.43. The summed E-state index contributed by atoms with van der Waals surface area (Å²) >= 11 is 0. The Balaban J connectivity index is 1.42. The van der Waals surface area contributed by atoms with Gasteiger partial charge in [-0.2, -0.15) is 0 Å². The molecule has 0 unspecified atom stereocenters. The molecule has 0 fully saturated rings. The third-order valence-electron chi connectivity index (χ3n) is 8.69. The van der Waals surface area contributed by atoms with Crippen molar-refractivity contribution in [1.82, 2.24) is 5.32 Å². The summed E-state index contributed by atoms with van der Waals surface area (Å²) in [5.41, 5.74) is 0.703. The van der Waals surface area contributed by atoms with Crippen LogP contribution in [-0.4, -0.2) is 49.8 Å². The molecule has 0 saturated carbocycles. The van der Waals surface area contributed by atoms with Crippen molar-refractivity contribution in [2.24, 2.45) is 4.99 Å². The number of carbonyl (C=O) groups excluding carboxylic acids is 1. The lowest BCUT2D eigenvalue weighted by Crippen LogP contribution is -2.49. The van der Waals surface area contributed by atoms with Crippen LogP contribution in [0.3, 0.4) is 0 Å². The van der Waals surface area contributed by atoms with Crippen LogP contribution in [0.5, 0.6) is 5.75 Å². The molecule has 1 aliphatic heterocycles. The van der Waals surface area contributed by atoms with Crippen LogP contribution < -0.4 is 10.1 Å². The first-order chi connectivity index (χ1) is 24.7. The summed E-state index contributed by atoms with van der Waals surface area (Å²) in [6, 6.07) is 35.1. The van der Waals surface area contributed by atoms with Gasteiger partial charge in [0.1, 0.15) is 17.4 Å². The number of carbonyl (C=O) groups is 1. The molecule has 2 N–H and O–H groups in total. The first-order valence-corrected chi connectivity index (χ1v) is 18.1. The minimum atomic E-state index is -3.91. The maximum Gasteiger partial charge on any atom is 0.252 e. The number of nitrogens with one attached hydrogen (secondary N) is 1. The van der Waals surface area contributed by atoms with E-state index >= 15 is 0 Å². The molecule has 5 aromatic rings. The van der Waals surface area contributed by atoms with Crippen LogP contribution in [-0.2, 0) is 25.9 Å². The Hall–Kier alpha value is -5.39. The molecular formula is C40H36F2N2O6S. The van der Waals surface area contributed by atoms with E-state index in [1.807, 2.05) is 42.5 Å². The van der Waals surface area contributed by atoms with Gasteiger partial charge < -0.3 is 19.9 Å². The van der Waals surface area contributed by atoms with E-state index in [-0.39, 0.29) is 29.4 Å². The smallest absolute Gasteiger partial charge is 0.252 e. The van der Waals surface area contributed by atoms with Crippen molar-refractivity contribution in [1.29, 1.82) is 0 Å². The molecule has 0 spiro atoms. The van der Waals surface area contributed by atoms with E-state index in [0.29, 0.717) is 29.9 Å². The van der Waals surface area contributed by atoms with Crippen LogP contribution in [0.4, 0.5) is 8.78 Å². The monoisotopic (exact) mass is 710 g/mol. The number of rotatable bonds is 14. The van der Waals surface area contributed by atoms with Gasteiger partial charge in [-0.15, -0.1) is 0 Å². The van der Waals surface area contributed by atoms with E-state index in [9.17, 15) is 22.0 Å². The fourth-order valence-corrected chi connectivity index (χ4v) is 7.30. The molecule has 1 heterocycles. The van der Waals surface area contributed by atoms with Crippen molar-refractivity contribution >= 4 is 21.6 Å². The average Bonchev–Trinajstić information content (AvgIpc) is 3.56. The summed E-state index contributed by atoms with van der Waals surface area (Å²) in [5, 5.41) is 11.7. The van der Waals surface area contributed by atoms with Gasteiger partial charge in [0.2, 0.25) is 5.90 Å². The SMILES string of the molecule is O=C(NCc1c(F)cccc1F)[C@]1(CCS(=O)(=O)c2ccccc2)N=C(c2ccc(OCCCO)cc2)O[C@@H]1c1ccc(-c2ccccc2)cc1. The maximum absolute atomic E-state index is 14.7. The van der Waals surface area contributed by atoms with Crippen LogP contribution >= 0.6 is 0 Å². The van der Waals surface area contributed by atoms with Gasteiger partial charge in [-0.05, 0) is 65.2 Å². The topological polar surface area (TPSA) is 114 Å². The highest BCUT2D eigenvalue weighted by molar-refractivity contribution is 7.91. The lowest BCUT2D eigenvalue weighted by atomic mass is 9.84. The quantitative estimate of drug-likeness (QED) is 0.122. The molecule has 8 nitrogen and oxygen atoms in total. The Morgan fingerprint density at radius 2 is 1.41 bits per heavy atom. The summed E-state index contributed by atoms with van der Waals surface area (Å²) in [7, 11) is -3.91. The summed E-state index contributed by atoms with van der Waals surface area (Å²) in [6.45, 7) is -0.199. The van der Waals surface area contributed by atoms with Crippen LogP contribution in [0.1, 0.15) is 35.6 Å². The molecule has 1 aliphatic rings. The zero-order valence-corrected chi connectivity index (χ0v) is 28.4. The number of hydrogen-bond acceptors (Lipinski definition) is 7. The highest BCUT2D eigenvalue weighted by Gasteiger charge is 2.53. The standard InChI is InChI=1S/C40H36F2N2O6S/c41-35-13-7-14-36(42)34(35)27-43-39(46)40(23-26-51(47,48)33-11-5-2-6-12-33)37(30-17-15-29(16-18-30)28-9-3-1-4-10-28)50-38(44-40)31-19-21-32(22-20-31)49-25-8-24-45/h1-7,9-22,37,45H,8,23-27H2,(H,43,46)/t37-,40-/m1/s1. The molecule has 0 aliphatic carbocycles. The Bertz CT molecular complexity index is 2080. The number of benzene rings is 5. The van der Waals surface area contributed by atoms with Crippen molar-refractivity contribution in [2.75, 3.05) is 19.0 Å². The highest BCUT2D eigenvalue weighted by atomic mass is 32.2. The number of halogens is 2. The van der Waals surface area contributed by atoms with Crippen molar-refractivity contribution in [3.05, 3.63) is 156 Å². The van der Waals surface area contributed by atoms with Gasteiger partial charge in [0.05, 0.1) is 17.3 Å². The fraction of sp³-hybridized carbons (Fsp3) is 0.200. The number of ether oxygens (including phenoxy) is 2. The van der Waals surface area contributed by atoms with E-state index in [2.05, 4.69) is 5.32 Å². The van der Waals surface area contributed by atoms with Crippen molar-refractivity contribution < 1.29 is 36.6 Å². The second-order valence-electron chi connectivity index (χ2n) is 12.0. The lowest BCUT2D eigenvalue weighted by Gasteiger charge is -2.31. The Morgan fingerprint density at radius 1 is 0.804 bits per heavy atom. The van der Waals surface area contributed by atoms with Gasteiger partial charge in [-0.25, -0.2) is 22.2 Å². The molecule has 262 valence electrons. The number of sulfone groups is 1. The minimum Gasteiger partial charge on any atom is -0.494 e. The van der Waals surface area contributed by atoms with Crippen LogP contribution in [0.25, 0.3) is 11.1 Å². The number of aliphatic hydroxyl groups is 1. The van der Waals surface area contributed by atoms with Gasteiger partial charge in [0.15, 0.2) is 21.5 Å². The third-order valence-corrected chi connectivity index (χ3v) is 10.4. The van der Waals surface area contributed by atoms with Crippen molar-refractivity contribution in [3.8, 4) is 16.9 Å². The Kier molecular flexibility index (Phi) is 10.9. The molecule has 0 radical (unpaired) electrons. The molecule has 0 aromatic heterocycles. The van der Waals surface area contributed by atoms with E-state index < -0.39 is 51.3 Å². The van der Waals surface area contributed by atoms with Crippen LogP contribution in [0.2, 0.25) is 0 Å². The second kappa shape index (κ2) is 15.7. The number of amides is 1. The summed E-state index contributed by atoms with van der Waals surface area (Å²) in [5.74, 6) is -2.28. The molecular weight excluding hydrogens is 675 g/mol. The van der Waals surface area contributed by atoms with E-state index in [0.717, 1.165) is 23.3 Å². The third kappa shape index (κ3) is 8.00. The van der Waals surface area contributed by atoms with E-state index in [4.69, 9.17) is 19.6 Å². The molecule has 51 heavy (non-hydrogen) atoms. The molecule has 2 atom stereocenters. The van der Waals surface area contributed by atoms with E-state index in [1.54, 1.807) is 54.6 Å². The molecule has 6 rings (SSSR count). The number of nitrogens with zero attached hydrogens (tertiary/aromatic N) is 1. The number of aliphatic imine (C=N–C) groups is 1. The largest absolute Gasteiger partial charge is 0.494 e. The molecule has 1 amide bonds. The minimum absolute atomic E-state index is 0.00978. The van der Waals surface area contributed by atoms with Crippen molar-refractivity contribution in [2.45, 2.75) is 35.9 Å². The zero-order chi connectivity index (χ0) is 35.8. The molecule has 5 aromatic carbocycles. The Labute approximate surface area is 295 Å². The molecule has 11 heteroatoms. The molecule has 0 bridgehead atoms. The van der Waals surface area contributed by atoms with Gasteiger partial charge in [-0.1, -0.05) is 78.9 Å². The fourth-order valence-electron chi connectivity index (χ4n) is 5.91. The predicted octanol–water partition coefficient (Wildman–Crippen LogP) is 6.83. The van der Waals surface area contributed by atoms with Gasteiger partial charge >= 0.3 is 0 Å². The van der Waals surface area contributed by atoms with Gasteiger partial charge in [0.25, 0.3) is 5.91 Å². The second-order valence-corrected chi connectivity index (χ2v) is 14.2. The van der Waals surface area contributed by atoms with Crippen LogP contribution in [0.15, 0.2) is 137 Å². The molecule has 0 saturated heterocycles. The van der Waals surface area contributed by atoms with Crippen molar-refractivity contribution in [3.63, 3.8) is 0 Å². The number of aliphatic hydroxyl groups excluding tert-OH is 1. The number of hydrogen-bond donors (Lipinski definition) is 2. The zero-order valence-electron chi connectivity index (χ0n) is 27.5. The summed E-state index contributed by atoms with van der Waals surface area (Å²) in [6.07, 6.45) is -0.968. The average molecular weight is 711 g/mol. The van der Waals surface area contributed by atoms with E-state index in [1.165, 1.54) is 18.2 Å². The maximum atomic E-state index is 14.7. The summed E-state index contributed by atoms with van der Waals surface area (Å²) < 4.78 is 68.7. The lowest BCUT2D eigenvalue weighted by molar-refractivity contribution is -0.129. The normalized spacial score (nSPS) is 17.0. The van der Waals surface area contributed by atoms with Crippen LogP contribution in [0, 0.1) is 11.6 Å². The summed E-state index contributed by atoms with van der Waals surface area (Å²) in [4.78, 5) is 19.4. The Morgan fingerprint density at radius 3 is 2.06 bits per heavy atom.